The number of carbonyl (C=O) groups is 1. The van der Waals surface area contributed by atoms with E-state index in [0.717, 1.165) is 31.7 Å². The van der Waals surface area contributed by atoms with E-state index in [2.05, 4.69) is 9.88 Å². The number of rotatable bonds is 8. The first-order valence-corrected chi connectivity index (χ1v) is 8.94. The highest BCUT2D eigenvalue weighted by molar-refractivity contribution is 5.92. The van der Waals surface area contributed by atoms with Gasteiger partial charge in [0.2, 0.25) is 5.91 Å². The van der Waals surface area contributed by atoms with Crippen LogP contribution in [0.15, 0.2) is 48.8 Å². The number of aliphatic hydroxyl groups excluding tert-OH is 1. The number of carbonyl (C=O) groups excluding carboxylic acids is 1. The Hall–Kier alpha value is -2.44. The molecule has 1 aromatic carbocycles. The summed E-state index contributed by atoms with van der Waals surface area (Å²) in [5, 5.41) is 10.3. The monoisotopic (exact) mass is 355 g/mol. The van der Waals surface area contributed by atoms with Gasteiger partial charge in [0.15, 0.2) is 0 Å². The fourth-order valence-corrected chi connectivity index (χ4v) is 3.34. The molecule has 0 bridgehead atoms. The quantitative estimate of drug-likeness (QED) is 0.700. The molecule has 1 amide bonds. The molecule has 0 unspecified atom stereocenters. The second kappa shape index (κ2) is 8.78. The maximum atomic E-state index is 11.0. The van der Waals surface area contributed by atoms with Crippen molar-refractivity contribution < 1.29 is 14.6 Å². The van der Waals surface area contributed by atoms with Gasteiger partial charge < -0.3 is 20.5 Å². The van der Waals surface area contributed by atoms with Gasteiger partial charge in [-0.1, -0.05) is 0 Å². The van der Waals surface area contributed by atoms with Crippen molar-refractivity contribution in [1.29, 1.82) is 0 Å². The van der Waals surface area contributed by atoms with Crippen LogP contribution in [-0.4, -0.2) is 53.2 Å². The van der Waals surface area contributed by atoms with E-state index in [1.54, 1.807) is 36.7 Å². The van der Waals surface area contributed by atoms with Crippen molar-refractivity contribution in [2.24, 2.45) is 11.7 Å². The number of pyridine rings is 1. The number of ether oxygens (including phenoxy) is 1. The van der Waals surface area contributed by atoms with Crippen LogP contribution in [0.1, 0.15) is 22.3 Å². The van der Waals surface area contributed by atoms with Crippen molar-refractivity contribution >= 4 is 5.91 Å². The van der Waals surface area contributed by atoms with Crippen LogP contribution >= 0.6 is 0 Å². The van der Waals surface area contributed by atoms with Gasteiger partial charge in [0, 0.05) is 43.5 Å². The number of β-amino-alcohol motifs (C(OH)–C–C–N with tert-alkyl or cyclic N) is 1. The van der Waals surface area contributed by atoms with Crippen LogP contribution in [0.25, 0.3) is 0 Å². The lowest BCUT2D eigenvalue weighted by Crippen LogP contribution is -2.24. The SMILES string of the molecule is NC(=O)c1ccc(OCCCN2C[C@@H](Cc3ccncc3)[C@@H](O)C2)cc1. The molecule has 26 heavy (non-hydrogen) atoms. The lowest BCUT2D eigenvalue weighted by molar-refractivity contribution is 0.1000. The summed E-state index contributed by atoms with van der Waals surface area (Å²) >= 11 is 0. The average Bonchev–Trinajstić information content (AvgIpc) is 2.99. The molecule has 0 radical (unpaired) electrons. The lowest BCUT2D eigenvalue weighted by Gasteiger charge is -2.16. The van der Waals surface area contributed by atoms with E-state index >= 15 is 0 Å². The predicted octanol–water partition coefficient (Wildman–Crippen LogP) is 1.48. The molecule has 0 saturated carbocycles. The summed E-state index contributed by atoms with van der Waals surface area (Å²) in [6.07, 6.45) is 5.06. The number of benzene rings is 1. The second-order valence-electron chi connectivity index (χ2n) is 6.74. The molecular formula is C20H25N3O3. The molecule has 6 heteroatoms. The van der Waals surface area contributed by atoms with E-state index in [-0.39, 0.29) is 12.0 Å². The van der Waals surface area contributed by atoms with Crippen molar-refractivity contribution in [3.8, 4) is 5.75 Å². The van der Waals surface area contributed by atoms with E-state index in [9.17, 15) is 9.90 Å². The fraction of sp³-hybridized carbons (Fsp3) is 0.400. The number of aliphatic hydroxyl groups is 1. The Morgan fingerprint density at radius 2 is 1.92 bits per heavy atom. The summed E-state index contributed by atoms with van der Waals surface area (Å²) in [6, 6.07) is 10.9. The molecular weight excluding hydrogens is 330 g/mol. The highest BCUT2D eigenvalue weighted by Gasteiger charge is 2.30. The molecule has 2 atom stereocenters. The molecule has 3 rings (SSSR count). The van der Waals surface area contributed by atoms with Crippen LogP contribution < -0.4 is 10.5 Å². The summed E-state index contributed by atoms with van der Waals surface area (Å²) in [4.78, 5) is 17.4. The number of hydrogen-bond donors (Lipinski definition) is 2. The third-order valence-corrected chi connectivity index (χ3v) is 4.76. The first-order valence-electron chi connectivity index (χ1n) is 8.94. The first-order chi connectivity index (χ1) is 12.6. The van der Waals surface area contributed by atoms with Gasteiger partial charge in [0.05, 0.1) is 12.7 Å². The second-order valence-corrected chi connectivity index (χ2v) is 6.74. The number of hydrogen-bond acceptors (Lipinski definition) is 5. The lowest BCUT2D eigenvalue weighted by atomic mass is 9.97. The first kappa shape index (κ1) is 18.4. The number of primary amides is 1. The fourth-order valence-electron chi connectivity index (χ4n) is 3.34. The number of nitrogens with zero attached hydrogens (tertiary/aromatic N) is 2. The molecule has 6 nitrogen and oxygen atoms in total. The average molecular weight is 355 g/mol. The molecule has 3 N–H and O–H groups in total. The highest BCUT2D eigenvalue weighted by atomic mass is 16.5. The topological polar surface area (TPSA) is 88.7 Å². The Bertz CT molecular complexity index is 706. The molecule has 0 spiro atoms. The Morgan fingerprint density at radius 3 is 2.62 bits per heavy atom. The molecule has 1 aromatic heterocycles. The zero-order chi connectivity index (χ0) is 18.4. The molecule has 0 aliphatic carbocycles. The van der Waals surface area contributed by atoms with E-state index in [4.69, 9.17) is 10.5 Å². The third-order valence-electron chi connectivity index (χ3n) is 4.76. The van der Waals surface area contributed by atoms with E-state index < -0.39 is 5.91 Å². The number of amides is 1. The zero-order valence-electron chi connectivity index (χ0n) is 14.8. The van der Waals surface area contributed by atoms with E-state index in [1.807, 2.05) is 12.1 Å². The number of aromatic nitrogens is 1. The van der Waals surface area contributed by atoms with Crippen molar-refractivity contribution in [3.63, 3.8) is 0 Å². The minimum absolute atomic E-state index is 0.264. The summed E-state index contributed by atoms with van der Waals surface area (Å²) in [6.45, 7) is 3.10. The maximum absolute atomic E-state index is 11.0. The summed E-state index contributed by atoms with van der Waals surface area (Å²) in [7, 11) is 0. The smallest absolute Gasteiger partial charge is 0.248 e. The molecule has 1 aliphatic heterocycles. The Morgan fingerprint density at radius 1 is 1.19 bits per heavy atom. The van der Waals surface area contributed by atoms with Gasteiger partial charge in [-0.05, 0) is 54.8 Å². The van der Waals surface area contributed by atoms with Crippen LogP contribution in [0.2, 0.25) is 0 Å². The minimum Gasteiger partial charge on any atom is -0.494 e. The Balaban J connectivity index is 1.38. The highest BCUT2D eigenvalue weighted by Crippen LogP contribution is 2.21. The number of likely N-dealkylation sites (tertiary alicyclic amines) is 1. The van der Waals surface area contributed by atoms with Gasteiger partial charge in [-0.3, -0.25) is 9.78 Å². The molecule has 2 aromatic rings. The molecule has 2 heterocycles. The van der Waals surface area contributed by atoms with Crippen molar-refractivity contribution in [2.75, 3.05) is 26.2 Å². The normalized spacial score (nSPS) is 20.2. The van der Waals surface area contributed by atoms with Gasteiger partial charge >= 0.3 is 0 Å². The maximum Gasteiger partial charge on any atom is 0.248 e. The van der Waals surface area contributed by atoms with Gasteiger partial charge in [-0.25, -0.2) is 0 Å². The van der Waals surface area contributed by atoms with Crippen LogP contribution in [0.5, 0.6) is 5.75 Å². The van der Waals surface area contributed by atoms with Crippen LogP contribution in [0.4, 0.5) is 0 Å². The van der Waals surface area contributed by atoms with Crippen molar-refractivity contribution in [1.82, 2.24) is 9.88 Å². The number of nitrogens with two attached hydrogens (primary N) is 1. The van der Waals surface area contributed by atoms with Crippen LogP contribution in [-0.2, 0) is 6.42 Å². The summed E-state index contributed by atoms with van der Waals surface area (Å²) in [5.41, 5.74) is 6.91. The van der Waals surface area contributed by atoms with Gasteiger partial charge in [0.1, 0.15) is 5.75 Å². The van der Waals surface area contributed by atoms with Crippen LogP contribution in [0.3, 0.4) is 0 Å². The molecule has 1 fully saturated rings. The largest absolute Gasteiger partial charge is 0.494 e. The van der Waals surface area contributed by atoms with Gasteiger partial charge in [-0.2, -0.15) is 0 Å². The van der Waals surface area contributed by atoms with Crippen molar-refractivity contribution in [2.45, 2.75) is 18.9 Å². The van der Waals surface area contributed by atoms with Gasteiger partial charge in [-0.15, -0.1) is 0 Å². The Kier molecular flexibility index (Phi) is 6.20. The van der Waals surface area contributed by atoms with E-state index in [0.29, 0.717) is 18.7 Å². The van der Waals surface area contributed by atoms with Gasteiger partial charge in [0.25, 0.3) is 0 Å². The zero-order valence-corrected chi connectivity index (χ0v) is 14.8. The third kappa shape index (κ3) is 5.03. The Labute approximate surface area is 153 Å². The van der Waals surface area contributed by atoms with Crippen molar-refractivity contribution in [3.05, 3.63) is 59.9 Å². The minimum atomic E-state index is -0.439. The molecule has 1 aliphatic rings. The van der Waals surface area contributed by atoms with Crippen LogP contribution in [0, 0.1) is 5.92 Å². The van der Waals surface area contributed by atoms with E-state index in [1.165, 1.54) is 5.56 Å². The summed E-state index contributed by atoms with van der Waals surface area (Å²) in [5.74, 6) is 0.553. The molecule has 1 saturated heterocycles. The predicted molar refractivity (Wildman–Crippen MR) is 98.9 cm³/mol. The molecule has 138 valence electrons. The summed E-state index contributed by atoms with van der Waals surface area (Å²) < 4.78 is 5.70. The standard InChI is InChI=1S/C20H25N3O3/c21-20(25)16-2-4-18(5-3-16)26-11-1-10-23-13-17(19(24)14-23)12-15-6-8-22-9-7-15/h2-9,17,19,24H,1,10-14H2,(H2,21,25)/t17-,19+/m1/s1.